The van der Waals surface area contributed by atoms with Crippen molar-refractivity contribution < 1.29 is 22.7 Å². The van der Waals surface area contributed by atoms with E-state index >= 15 is 0 Å². The van der Waals surface area contributed by atoms with Gasteiger partial charge in [0.15, 0.2) is 0 Å². The van der Waals surface area contributed by atoms with Gasteiger partial charge in [-0.15, -0.1) is 0 Å². The van der Waals surface area contributed by atoms with Gasteiger partial charge in [0.25, 0.3) is 5.91 Å². The summed E-state index contributed by atoms with van der Waals surface area (Å²) in [7, 11) is -0.785. The zero-order valence-corrected chi connectivity index (χ0v) is 17.4. The fourth-order valence-corrected chi connectivity index (χ4v) is 3.75. The van der Waals surface area contributed by atoms with E-state index in [-0.39, 0.29) is 17.1 Å². The molecule has 1 N–H and O–H groups in total. The molecule has 2 aromatic carbocycles. The molecule has 0 aliphatic carbocycles. The van der Waals surface area contributed by atoms with Crippen LogP contribution in [0.15, 0.2) is 41.3 Å². The summed E-state index contributed by atoms with van der Waals surface area (Å²) in [6, 6.07) is 9.30. The number of sulfonamides is 1. The molecule has 2 rings (SSSR count). The minimum Gasteiger partial charge on any atom is -0.462 e. The Morgan fingerprint density at radius 3 is 2.18 bits per heavy atom. The minimum absolute atomic E-state index is 0.0975. The zero-order chi connectivity index (χ0) is 21.1. The molecule has 28 heavy (non-hydrogen) atoms. The Bertz CT molecular complexity index is 996. The van der Waals surface area contributed by atoms with E-state index in [9.17, 15) is 18.0 Å². The van der Waals surface area contributed by atoms with Crippen LogP contribution in [0.4, 0.5) is 5.69 Å². The fourth-order valence-electron chi connectivity index (χ4n) is 2.53. The minimum atomic E-state index is -3.68. The van der Waals surface area contributed by atoms with Gasteiger partial charge in [-0.05, 0) is 68.3 Å². The monoisotopic (exact) mass is 404 g/mol. The van der Waals surface area contributed by atoms with Gasteiger partial charge in [0.05, 0.1) is 17.1 Å². The Balaban J connectivity index is 2.30. The number of nitrogens with zero attached hydrogens (tertiary/aromatic N) is 1. The van der Waals surface area contributed by atoms with Gasteiger partial charge >= 0.3 is 5.97 Å². The van der Waals surface area contributed by atoms with E-state index in [2.05, 4.69) is 5.32 Å². The molecule has 1 amide bonds. The normalized spacial score (nSPS) is 11.4. The van der Waals surface area contributed by atoms with Crippen LogP contribution in [-0.4, -0.2) is 45.3 Å². The summed E-state index contributed by atoms with van der Waals surface area (Å²) in [5, 5.41) is 2.71. The number of rotatable bonds is 6. The molecule has 0 aromatic heterocycles. The second-order valence-corrected chi connectivity index (χ2v) is 8.58. The number of hydrogen-bond donors (Lipinski definition) is 1. The number of carbonyl (C=O) groups excluding carboxylic acids is 2. The Hall–Kier alpha value is -2.71. The summed E-state index contributed by atoms with van der Waals surface area (Å²) in [6.07, 6.45) is 0. The van der Waals surface area contributed by atoms with E-state index in [0.29, 0.717) is 22.4 Å². The molecule has 0 atom stereocenters. The maximum Gasteiger partial charge on any atom is 0.338 e. The third kappa shape index (κ3) is 4.58. The quantitative estimate of drug-likeness (QED) is 0.747. The highest BCUT2D eigenvalue weighted by atomic mass is 32.2. The van der Waals surface area contributed by atoms with Gasteiger partial charge in [0.1, 0.15) is 0 Å². The number of aryl methyl sites for hydroxylation is 1. The molecule has 0 spiro atoms. The topological polar surface area (TPSA) is 92.8 Å². The van der Waals surface area contributed by atoms with E-state index in [1.54, 1.807) is 51.1 Å². The second-order valence-electron chi connectivity index (χ2n) is 6.46. The van der Waals surface area contributed by atoms with E-state index in [1.165, 1.54) is 20.2 Å². The number of esters is 1. The first-order valence-electron chi connectivity index (χ1n) is 8.70. The summed E-state index contributed by atoms with van der Waals surface area (Å²) >= 11 is 0. The van der Waals surface area contributed by atoms with Gasteiger partial charge in [-0.25, -0.2) is 17.5 Å². The second kappa shape index (κ2) is 8.53. The summed E-state index contributed by atoms with van der Waals surface area (Å²) in [6.45, 7) is 5.47. The van der Waals surface area contributed by atoms with E-state index in [1.807, 2.05) is 0 Å². The Labute approximate surface area is 165 Å². The van der Waals surface area contributed by atoms with Crippen molar-refractivity contribution in [3.63, 3.8) is 0 Å². The molecule has 0 saturated carbocycles. The van der Waals surface area contributed by atoms with Crippen molar-refractivity contribution in [2.45, 2.75) is 25.7 Å². The molecule has 0 heterocycles. The standard InChI is InChI=1S/C20H24N2O5S/c1-6-27-20(24)15-7-9-17(10-8-15)21-19(23)16-11-13(2)14(3)18(12-16)28(25,26)22(4)5/h7-12H,6H2,1-5H3,(H,21,23). The number of anilines is 1. The summed E-state index contributed by atoms with van der Waals surface area (Å²) in [5.74, 6) is -0.879. The number of carbonyl (C=O) groups is 2. The van der Waals surface area contributed by atoms with Gasteiger partial charge in [-0.1, -0.05) is 0 Å². The lowest BCUT2D eigenvalue weighted by molar-refractivity contribution is 0.0526. The van der Waals surface area contributed by atoms with Crippen LogP contribution in [0, 0.1) is 13.8 Å². The van der Waals surface area contributed by atoms with Crippen LogP contribution >= 0.6 is 0 Å². The zero-order valence-electron chi connectivity index (χ0n) is 16.6. The Morgan fingerprint density at radius 1 is 1.04 bits per heavy atom. The molecule has 0 saturated heterocycles. The highest BCUT2D eigenvalue weighted by molar-refractivity contribution is 7.89. The third-order valence-corrected chi connectivity index (χ3v) is 6.24. The number of nitrogens with one attached hydrogen (secondary N) is 1. The molecular formula is C20H24N2O5S. The average Bonchev–Trinajstić information content (AvgIpc) is 2.64. The first-order chi connectivity index (χ1) is 13.1. The van der Waals surface area contributed by atoms with E-state index in [0.717, 1.165) is 4.31 Å². The highest BCUT2D eigenvalue weighted by Gasteiger charge is 2.23. The van der Waals surface area contributed by atoms with Gasteiger partial charge in [0.2, 0.25) is 10.0 Å². The van der Waals surface area contributed by atoms with Crippen molar-refractivity contribution in [1.82, 2.24) is 4.31 Å². The largest absolute Gasteiger partial charge is 0.462 e. The fraction of sp³-hybridized carbons (Fsp3) is 0.300. The van der Waals surface area contributed by atoms with Gasteiger partial charge in [-0.3, -0.25) is 4.79 Å². The lowest BCUT2D eigenvalue weighted by Crippen LogP contribution is -2.24. The van der Waals surface area contributed by atoms with Crippen LogP contribution in [0.1, 0.15) is 38.8 Å². The molecule has 0 fully saturated rings. The molecule has 0 aliphatic heterocycles. The van der Waals surface area contributed by atoms with Crippen molar-refractivity contribution in [3.05, 3.63) is 58.7 Å². The average molecular weight is 404 g/mol. The van der Waals surface area contributed by atoms with E-state index < -0.39 is 21.9 Å². The number of hydrogen-bond acceptors (Lipinski definition) is 5. The highest BCUT2D eigenvalue weighted by Crippen LogP contribution is 2.24. The van der Waals surface area contributed by atoms with Crippen LogP contribution in [-0.2, 0) is 14.8 Å². The molecule has 7 nitrogen and oxygen atoms in total. The molecule has 0 aliphatic rings. The Morgan fingerprint density at radius 2 is 1.64 bits per heavy atom. The van der Waals surface area contributed by atoms with Crippen molar-refractivity contribution in [1.29, 1.82) is 0 Å². The maximum atomic E-state index is 12.6. The maximum absolute atomic E-state index is 12.6. The number of benzene rings is 2. The third-order valence-electron chi connectivity index (χ3n) is 4.29. The first-order valence-corrected chi connectivity index (χ1v) is 10.1. The van der Waals surface area contributed by atoms with Gasteiger partial charge in [0, 0.05) is 25.3 Å². The van der Waals surface area contributed by atoms with Crippen LogP contribution in [0.2, 0.25) is 0 Å². The molecule has 0 radical (unpaired) electrons. The summed E-state index contributed by atoms with van der Waals surface area (Å²) < 4.78 is 31.1. The van der Waals surface area contributed by atoms with Crippen molar-refractivity contribution in [3.8, 4) is 0 Å². The summed E-state index contributed by atoms with van der Waals surface area (Å²) in [5.41, 5.74) is 2.39. The van der Waals surface area contributed by atoms with E-state index in [4.69, 9.17) is 4.74 Å². The smallest absolute Gasteiger partial charge is 0.338 e. The van der Waals surface area contributed by atoms with Gasteiger partial charge in [-0.2, -0.15) is 0 Å². The molecule has 2 aromatic rings. The number of ether oxygens (including phenoxy) is 1. The molecule has 8 heteroatoms. The molecular weight excluding hydrogens is 380 g/mol. The van der Waals surface area contributed by atoms with Crippen LogP contribution < -0.4 is 5.32 Å². The van der Waals surface area contributed by atoms with Crippen molar-refractivity contribution >= 4 is 27.6 Å². The van der Waals surface area contributed by atoms with Crippen molar-refractivity contribution in [2.75, 3.05) is 26.0 Å². The lowest BCUT2D eigenvalue weighted by Gasteiger charge is -2.16. The lowest BCUT2D eigenvalue weighted by atomic mass is 10.1. The van der Waals surface area contributed by atoms with Crippen molar-refractivity contribution in [2.24, 2.45) is 0 Å². The van der Waals surface area contributed by atoms with Gasteiger partial charge < -0.3 is 10.1 Å². The predicted octanol–water partition coefficient (Wildman–Crippen LogP) is 2.98. The first kappa shape index (κ1) is 21.6. The summed E-state index contributed by atoms with van der Waals surface area (Å²) in [4.78, 5) is 24.4. The SMILES string of the molecule is CCOC(=O)c1ccc(NC(=O)c2cc(C)c(C)c(S(=O)(=O)N(C)C)c2)cc1. The molecule has 0 unspecified atom stereocenters. The van der Waals surface area contributed by atoms with Crippen LogP contribution in [0.3, 0.4) is 0 Å². The van der Waals surface area contributed by atoms with Crippen LogP contribution in [0.5, 0.6) is 0 Å². The predicted molar refractivity (Wildman–Crippen MR) is 107 cm³/mol. The molecule has 0 bridgehead atoms. The molecule has 150 valence electrons. The number of amides is 1. The van der Waals surface area contributed by atoms with Crippen LogP contribution in [0.25, 0.3) is 0 Å². The Kier molecular flexibility index (Phi) is 6.58.